The fourth-order valence-electron chi connectivity index (χ4n) is 3.37. The number of para-hydroxylation sites is 1. The largest absolute Gasteiger partial charge is 0.433 e. The Labute approximate surface area is 217 Å². The van der Waals surface area contributed by atoms with E-state index in [2.05, 4.69) is 16.2 Å². The quantitative estimate of drug-likeness (QED) is 0.243. The lowest BCUT2D eigenvalue weighted by Crippen LogP contribution is -2.21. The molecule has 1 aromatic heterocycles. The lowest BCUT2D eigenvalue weighted by Gasteiger charge is -2.21. The van der Waals surface area contributed by atoms with Crippen LogP contribution in [0.2, 0.25) is 0 Å². The number of sulfonamides is 1. The van der Waals surface area contributed by atoms with E-state index in [1.54, 1.807) is 37.4 Å². The third kappa shape index (κ3) is 7.33. The van der Waals surface area contributed by atoms with Crippen LogP contribution in [0.1, 0.15) is 22.4 Å². The number of hydrogen-bond acceptors (Lipinski definition) is 5. The summed E-state index contributed by atoms with van der Waals surface area (Å²) in [5.74, 6) is 0.623. The lowest BCUT2D eigenvalue weighted by molar-refractivity contribution is -0.141. The Bertz CT molecular complexity index is 1520. The normalized spacial score (nSPS) is 11.7. The van der Waals surface area contributed by atoms with E-state index in [9.17, 15) is 30.8 Å². The number of nitrogens with zero attached hydrogens (tertiary/aromatic N) is 2. The van der Waals surface area contributed by atoms with Gasteiger partial charge in [0.05, 0.1) is 17.5 Å². The van der Waals surface area contributed by atoms with Crippen molar-refractivity contribution < 1.29 is 30.8 Å². The maximum absolute atomic E-state index is 14.5. The molecule has 12 heteroatoms. The molecule has 0 radical (unpaired) electrons. The number of halogens is 4. The van der Waals surface area contributed by atoms with Gasteiger partial charge in [-0.1, -0.05) is 24.1 Å². The minimum Gasteiger partial charge on any atom is -0.348 e. The lowest BCUT2D eigenvalue weighted by atomic mass is 10.1. The van der Waals surface area contributed by atoms with Crippen molar-refractivity contribution in [2.24, 2.45) is 0 Å². The number of alkyl halides is 3. The molecule has 1 amide bonds. The van der Waals surface area contributed by atoms with Gasteiger partial charge < -0.3 is 10.2 Å². The third-order valence-corrected chi connectivity index (χ3v) is 5.71. The van der Waals surface area contributed by atoms with Gasteiger partial charge in [0.1, 0.15) is 17.3 Å². The van der Waals surface area contributed by atoms with Crippen LogP contribution < -0.4 is 14.9 Å². The Morgan fingerprint density at radius 1 is 1.16 bits per heavy atom. The van der Waals surface area contributed by atoms with Crippen molar-refractivity contribution in [2.45, 2.75) is 12.7 Å². The maximum Gasteiger partial charge on any atom is 0.433 e. The number of carbonyl (C=O) groups excluding carboxylic acids is 1. The topological polar surface area (TPSA) is 91.4 Å². The molecule has 3 aromatic rings. The van der Waals surface area contributed by atoms with E-state index in [4.69, 9.17) is 6.42 Å². The van der Waals surface area contributed by atoms with Crippen molar-refractivity contribution in [1.29, 1.82) is 0 Å². The van der Waals surface area contributed by atoms with E-state index < -0.39 is 33.6 Å². The van der Waals surface area contributed by atoms with Crippen LogP contribution >= 0.6 is 0 Å². The SMILES string of the molecule is C#Cc1cc(CNC(=O)/C=C/c2ccc(C(F)(F)F)nc2N(C)c2ccccc2)cc(F)c1NS(C)(=O)=O. The summed E-state index contributed by atoms with van der Waals surface area (Å²) in [4.78, 5) is 17.6. The summed E-state index contributed by atoms with van der Waals surface area (Å²) in [7, 11) is -2.23. The molecular weight excluding hydrogens is 524 g/mol. The van der Waals surface area contributed by atoms with Gasteiger partial charge in [-0.3, -0.25) is 9.52 Å². The van der Waals surface area contributed by atoms with Gasteiger partial charge in [0.15, 0.2) is 0 Å². The second-order valence-corrected chi connectivity index (χ2v) is 9.82. The highest BCUT2D eigenvalue weighted by atomic mass is 32.2. The number of anilines is 3. The van der Waals surface area contributed by atoms with Gasteiger partial charge in [-0.2, -0.15) is 13.2 Å². The van der Waals surface area contributed by atoms with Crippen molar-refractivity contribution in [3.8, 4) is 12.3 Å². The number of amides is 1. The summed E-state index contributed by atoms with van der Waals surface area (Å²) in [5.41, 5.74) is -0.432. The Balaban J connectivity index is 1.81. The molecule has 38 heavy (non-hydrogen) atoms. The number of rotatable bonds is 8. The zero-order chi connectivity index (χ0) is 28.1. The van der Waals surface area contributed by atoms with Gasteiger partial charge >= 0.3 is 6.18 Å². The van der Waals surface area contributed by atoms with Crippen LogP contribution in [0.5, 0.6) is 0 Å². The second-order valence-electron chi connectivity index (χ2n) is 8.07. The molecule has 0 atom stereocenters. The van der Waals surface area contributed by atoms with E-state index >= 15 is 0 Å². The van der Waals surface area contributed by atoms with Crippen molar-refractivity contribution >= 4 is 39.2 Å². The maximum atomic E-state index is 14.5. The Hall–Kier alpha value is -4.37. The van der Waals surface area contributed by atoms with Crippen LogP contribution in [0.15, 0.2) is 60.7 Å². The second kappa shape index (κ2) is 11.4. The zero-order valence-electron chi connectivity index (χ0n) is 20.2. The molecule has 0 saturated carbocycles. The van der Waals surface area contributed by atoms with E-state index in [1.807, 2.05) is 4.72 Å². The van der Waals surface area contributed by atoms with Crippen LogP contribution in [0.4, 0.5) is 34.8 Å². The van der Waals surface area contributed by atoms with Crippen molar-refractivity contribution in [3.63, 3.8) is 0 Å². The standard InChI is InChI=1S/C26H22F4N4O3S/c1-4-18-14-17(15-21(27)24(18)33-38(3,36)37)16-31-23(35)13-11-19-10-12-22(26(28,29)30)32-25(19)34(2)20-8-6-5-7-9-20/h1,5-15,33H,16H2,2-3H3,(H,31,35)/b13-11+. The number of nitrogens with one attached hydrogen (secondary N) is 2. The number of aromatic nitrogens is 1. The summed E-state index contributed by atoms with van der Waals surface area (Å²) in [6.45, 7) is -0.157. The summed E-state index contributed by atoms with van der Waals surface area (Å²) in [6, 6.07) is 13.0. The number of pyridine rings is 1. The highest BCUT2D eigenvalue weighted by molar-refractivity contribution is 7.92. The van der Waals surface area contributed by atoms with Crippen molar-refractivity contribution in [1.82, 2.24) is 10.3 Å². The van der Waals surface area contributed by atoms with Crippen LogP contribution in [-0.4, -0.2) is 32.6 Å². The smallest absolute Gasteiger partial charge is 0.348 e. The highest BCUT2D eigenvalue weighted by Gasteiger charge is 2.33. The molecule has 0 aliphatic carbocycles. The molecule has 0 aliphatic rings. The molecule has 1 heterocycles. The Morgan fingerprint density at radius 3 is 2.45 bits per heavy atom. The average molecular weight is 547 g/mol. The molecule has 198 valence electrons. The van der Waals surface area contributed by atoms with Crippen molar-refractivity contribution in [2.75, 3.05) is 22.9 Å². The predicted octanol–water partition coefficient (Wildman–Crippen LogP) is 4.69. The monoisotopic (exact) mass is 546 g/mol. The van der Waals surface area contributed by atoms with E-state index in [0.717, 1.165) is 24.5 Å². The van der Waals surface area contributed by atoms with Gasteiger partial charge in [0.25, 0.3) is 0 Å². The van der Waals surface area contributed by atoms with Gasteiger partial charge in [-0.05, 0) is 48.0 Å². The number of benzene rings is 2. The summed E-state index contributed by atoms with van der Waals surface area (Å²) < 4.78 is 79.3. The molecule has 0 fully saturated rings. The molecule has 0 spiro atoms. The predicted molar refractivity (Wildman–Crippen MR) is 137 cm³/mol. The first-order valence-electron chi connectivity index (χ1n) is 10.9. The molecule has 0 aliphatic heterocycles. The molecular formula is C26H22F4N4O3S. The minimum atomic E-state index is -4.66. The Kier molecular flexibility index (Phi) is 8.42. The first kappa shape index (κ1) is 28.2. The molecule has 0 bridgehead atoms. The summed E-state index contributed by atoms with van der Waals surface area (Å²) >= 11 is 0. The zero-order valence-corrected chi connectivity index (χ0v) is 21.0. The van der Waals surface area contributed by atoms with Crippen LogP contribution in [-0.2, 0) is 27.5 Å². The van der Waals surface area contributed by atoms with Crippen LogP contribution in [0.25, 0.3) is 6.08 Å². The van der Waals surface area contributed by atoms with Crippen molar-refractivity contribution in [3.05, 3.63) is 88.9 Å². The van der Waals surface area contributed by atoms with E-state index in [1.165, 1.54) is 23.1 Å². The van der Waals surface area contributed by atoms with Gasteiger partial charge in [0.2, 0.25) is 15.9 Å². The van der Waals surface area contributed by atoms with Crippen LogP contribution in [0.3, 0.4) is 0 Å². The van der Waals surface area contributed by atoms with Crippen LogP contribution in [0, 0.1) is 18.2 Å². The number of terminal acetylenes is 1. The molecule has 7 nitrogen and oxygen atoms in total. The van der Waals surface area contributed by atoms with Gasteiger partial charge in [-0.15, -0.1) is 6.42 Å². The number of carbonyl (C=O) groups is 1. The number of hydrogen-bond donors (Lipinski definition) is 2. The molecule has 3 rings (SSSR count). The first-order chi connectivity index (χ1) is 17.8. The molecule has 2 aromatic carbocycles. The fraction of sp³-hybridized carbons (Fsp3) is 0.154. The molecule has 2 N–H and O–H groups in total. The van der Waals surface area contributed by atoms with Gasteiger partial charge in [-0.25, -0.2) is 17.8 Å². The Morgan fingerprint density at radius 2 is 1.84 bits per heavy atom. The summed E-state index contributed by atoms with van der Waals surface area (Å²) in [5, 5.41) is 2.52. The minimum absolute atomic E-state index is 0.0234. The summed E-state index contributed by atoms with van der Waals surface area (Å²) in [6.07, 6.45) is 3.96. The van der Waals surface area contributed by atoms with E-state index in [0.29, 0.717) is 5.69 Å². The third-order valence-electron chi connectivity index (χ3n) is 5.13. The average Bonchev–Trinajstić information content (AvgIpc) is 2.86. The molecule has 0 unspecified atom stereocenters. The van der Waals surface area contributed by atoms with Gasteiger partial charge in [0, 0.05) is 30.9 Å². The molecule has 0 saturated heterocycles. The van der Waals surface area contributed by atoms with E-state index in [-0.39, 0.29) is 34.7 Å². The highest BCUT2D eigenvalue weighted by Crippen LogP contribution is 2.33. The fourth-order valence-corrected chi connectivity index (χ4v) is 3.95. The first-order valence-corrected chi connectivity index (χ1v) is 12.8.